The number of hydrogen-bond acceptors (Lipinski definition) is 5. The van der Waals surface area contributed by atoms with Crippen LogP contribution in [-0.2, 0) is 4.74 Å². The van der Waals surface area contributed by atoms with Gasteiger partial charge in [-0.25, -0.2) is 4.68 Å². The minimum atomic E-state index is -0.106. The molecule has 2 atom stereocenters. The normalized spacial score (nSPS) is 21.7. The van der Waals surface area contributed by atoms with Crippen LogP contribution < -0.4 is 5.32 Å². The van der Waals surface area contributed by atoms with E-state index in [1.165, 1.54) is 0 Å². The van der Waals surface area contributed by atoms with E-state index >= 15 is 0 Å². The minimum absolute atomic E-state index is 0.0183. The molecule has 6 nitrogen and oxygen atoms in total. The van der Waals surface area contributed by atoms with E-state index in [1.54, 1.807) is 28.4 Å². The number of ether oxygens (including phenoxy) is 1. The molecule has 0 aliphatic carbocycles. The van der Waals surface area contributed by atoms with Crippen molar-refractivity contribution in [1.82, 2.24) is 20.3 Å². The van der Waals surface area contributed by atoms with Crippen molar-refractivity contribution < 1.29 is 9.53 Å². The number of thiophene rings is 1. The Morgan fingerprint density at radius 3 is 2.95 bits per heavy atom. The Balaban J connectivity index is 1.78. The van der Waals surface area contributed by atoms with Gasteiger partial charge in [-0.15, -0.1) is 16.4 Å². The van der Waals surface area contributed by atoms with E-state index in [4.69, 9.17) is 4.74 Å². The largest absolute Gasteiger partial charge is 0.377 e. The first kappa shape index (κ1) is 14.7. The molecule has 0 radical (unpaired) electrons. The summed E-state index contributed by atoms with van der Waals surface area (Å²) in [6.45, 7) is 4.98. The van der Waals surface area contributed by atoms with Crippen LogP contribution in [0.3, 0.4) is 0 Å². The third-order valence-corrected chi connectivity index (χ3v) is 5.59. The lowest BCUT2D eigenvalue weighted by molar-refractivity contribution is 0.0924. The second kappa shape index (κ2) is 5.86. The molecular formula is C13H15BrN4O2S. The summed E-state index contributed by atoms with van der Waals surface area (Å²) in [7, 11) is 0. The summed E-state index contributed by atoms with van der Waals surface area (Å²) in [5, 5.41) is 10.9. The Bertz CT molecular complexity index is 655. The van der Waals surface area contributed by atoms with Crippen molar-refractivity contribution in [2.45, 2.75) is 25.9 Å². The molecule has 3 heterocycles. The maximum Gasteiger partial charge on any atom is 0.253 e. The predicted molar refractivity (Wildman–Crippen MR) is 82.6 cm³/mol. The van der Waals surface area contributed by atoms with Gasteiger partial charge in [0, 0.05) is 11.1 Å². The van der Waals surface area contributed by atoms with Gasteiger partial charge in [-0.2, -0.15) is 0 Å². The fourth-order valence-corrected chi connectivity index (χ4v) is 4.50. The highest BCUT2D eigenvalue weighted by Gasteiger charge is 2.32. The molecule has 21 heavy (non-hydrogen) atoms. The average molecular weight is 371 g/mol. The minimum Gasteiger partial charge on any atom is -0.377 e. The second-order valence-corrected chi connectivity index (χ2v) is 7.54. The molecule has 1 fully saturated rings. The third kappa shape index (κ3) is 2.75. The van der Waals surface area contributed by atoms with E-state index in [1.807, 2.05) is 13.8 Å². The zero-order valence-corrected chi connectivity index (χ0v) is 14.1. The van der Waals surface area contributed by atoms with Crippen molar-refractivity contribution in [2.75, 3.05) is 13.2 Å². The summed E-state index contributed by atoms with van der Waals surface area (Å²) in [5.41, 5.74) is 1.72. The zero-order chi connectivity index (χ0) is 15.0. The molecule has 1 amide bonds. The smallest absolute Gasteiger partial charge is 0.253 e. The molecule has 0 spiro atoms. The SMILES string of the molecule is Cc1sc(Br)c(C(=O)N[C@H]2COC[C@H]2n2ccnn2)c1C. The molecule has 1 aliphatic heterocycles. The van der Waals surface area contributed by atoms with E-state index in [-0.39, 0.29) is 18.0 Å². The van der Waals surface area contributed by atoms with Gasteiger partial charge < -0.3 is 10.1 Å². The van der Waals surface area contributed by atoms with Gasteiger partial charge in [0.2, 0.25) is 0 Å². The Labute approximate surface area is 134 Å². The number of carbonyl (C=O) groups is 1. The lowest BCUT2D eigenvalue weighted by Crippen LogP contribution is -2.41. The summed E-state index contributed by atoms with van der Waals surface area (Å²) in [6, 6.07) is -0.124. The zero-order valence-electron chi connectivity index (χ0n) is 11.7. The molecule has 112 valence electrons. The number of carbonyl (C=O) groups excluding carboxylic acids is 1. The van der Waals surface area contributed by atoms with Crippen LogP contribution in [0, 0.1) is 13.8 Å². The van der Waals surface area contributed by atoms with Crippen molar-refractivity contribution in [3.8, 4) is 0 Å². The van der Waals surface area contributed by atoms with E-state index in [9.17, 15) is 4.79 Å². The Hall–Kier alpha value is -1.25. The molecule has 0 aromatic carbocycles. The van der Waals surface area contributed by atoms with E-state index in [0.717, 1.165) is 14.2 Å². The lowest BCUT2D eigenvalue weighted by Gasteiger charge is -2.19. The first-order valence-corrected chi connectivity index (χ1v) is 8.18. The number of aromatic nitrogens is 3. The summed E-state index contributed by atoms with van der Waals surface area (Å²) in [5.74, 6) is -0.0793. The van der Waals surface area contributed by atoms with Crippen molar-refractivity contribution in [3.05, 3.63) is 32.2 Å². The van der Waals surface area contributed by atoms with Crippen molar-refractivity contribution in [2.24, 2.45) is 0 Å². The molecular weight excluding hydrogens is 356 g/mol. The number of rotatable bonds is 3. The number of nitrogens with zero attached hydrogens (tertiary/aromatic N) is 3. The van der Waals surface area contributed by atoms with Crippen molar-refractivity contribution in [3.63, 3.8) is 0 Å². The number of hydrogen-bond donors (Lipinski definition) is 1. The monoisotopic (exact) mass is 370 g/mol. The van der Waals surface area contributed by atoms with Crippen molar-refractivity contribution in [1.29, 1.82) is 0 Å². The van der Waals surface area contributed by atoms with Gasteiger partial charge in [-0.3, -0.25) is 4.79 Å². The van der Waals surface area contributed by atoms with Gasteiger partial charge in [-0.05, 0) is 35.3 Å². The molecule has 2 aromatic rings. The summed E-state index contributed by atoms with van der Waals surface area (Å²) < 4.78 is 8.09. The highest BCUT2D eigenvalue weighted by atomic mass is 79.9. The first-order valence-electron chi connectivity index (χ1n) is 6.58. The van der Waals surface area contributed by atoms with Crippen LogP contribution >= 0.6 is 27.3 Å². The number of nitrogens with one attached hydrogen (secondary N) is 1. The second-order valence-electron chi connectivity index (χ2n) is 5.00. The molecule has 3 rings (SSSR count). The van der Waals surface area contributed by atoms with Gasteiger partial charge >= 0.3 is 0 Å². The van der Waals surface area contributed by atoms with Crippen LogP contribution in [0.1, 0.15) is 26.8 Å². The molecule has 0 unspecified atom stereocenters. The van der Waals surface area contributed by atoms with Crippen LogP contribution in [0.2, 0.25) is 0 Å². The highest BCUT2D eigenvalue weighted by Crippen LogP contribution is 2.32. The fraction of sp³-hybridized carbons (Fsp3) is 0.462. The summed E-state index contributed by atoms with van der Waals surface area (Å²) in [6.07, 6.45) is 3.41. The predicted octanol–water partition coefficient (Wildman–Crippen LogP) is 2.09. The molecule has 1 aliphatic rings. The molecule has 1 saturated heterocycles. The highest BCUT2D eigenvalue weighted by molar-refractivity contribution is 9.11. The molecule has 8 heteroatoms. The Morgan fingerprint density at radius 2 is 2.33 bits per heavy atom. The Morgan fingerprint density at radius 1 is 1.52 bits per heavy atom. The average Bonchev–Trinajstić information content (AvgIpc) is 3.12. The van der Waals surface area contributed by atoms with Gasteiger partial charge in [0.25, 0.3) is 5.91 Å². The summed E-state index contributed by atoms with van der Waals surface area (Å²) in [4.78, 5) is 13.7. The van der Waals surface area contributed by atoms with E-state index < -0.39 is 0 Å². The Kier molecular flexibility index (Phi) is 4.10. The van der Waals surface area contributed by atoms with Crippen LogP contribution in [0.25, 0.3) is 0 Å². The van der Waals surface area contributed by atoms with Gasteiger partial charge in [0.05, 0.1) is 40.8 Å². The maximum atomic E-state index is 12.5. The summed E-state index contributed by atoms with van der Waals surface area (Å²) >= 11 is 5.05. The molecule has 0 bridgehead atoms. The number of aryl methyl sites for hydroxylation is 1. The lowest BCUT2D eigenvalue weighted by atomic mass is 10.1. The molecule has 1 N–H and O–H groups in total. The van der Waals surface area contributed by atoms with E-state index in [0.29, 0.717) is 18.8 Å². The molecule has 2 aromatic heterocycles. The first-order chi connectivity index (χ1) is 10.1. The van der Waals surface area contributed by atoms with Crippen LogP contribution in [0.15, 0.2) is 16.2 Å². The van der Waals surface area contributed by atoms with Gasteiger partial charge in [0.15, 0.2) is 0 Å². The number of amides is 1. The van der Waals surface area contributed by atoms with Crippen molar-refractivity contribution >= 4 is 33.2 Å². The fourth-order valence-electron chi connectivity index (χ4n) is 2.42. The van der Waals surface area contributed by atoms with Crippen LogP contribution in [-0.4, -0.2) is 40.2 Å². The van der Waals surface area contributed by atoms with Gasteiger partial charge in [-0.1, -0.05) is 5.21 Å². The third-order valence-electron chi connectivity index (χ3n) is 3.72. The number of halogens is 1. The van der Waals surface area contributed by atoms with E-state index in [2.05, 4.69) is 31.6 Å². The van der Waals surface area contributed by atoms with Crippen LogP contribution in [0.5, 0.6) is 0 Å². The van der Waals surface area contributed by atoms with Gasteiger partial charge in [0.1, 0.15) is 0 Å². The topological polar surface area (TPSA) is 69.0 Å². The molecule has 0 saturated carbocycles. The standard InChI is InChI=1S/C13H15BrN4O2S/c1-7-8(2)21-12(14)11(7)13(19)16-9-5-20-6-10(9)18-4-3-15-17-18/h3-4,9-10H,5-6H2,1-2H3,(H,16,19)/t9-,10+/m0/s1. The quantitative estimate of drug-likeness (QED) is 0.897. The van der Waals surface area contributed by atoms with Crippen LogP contribution in [0.4, 0.5) is 0 Å². The maximum absolute atomic E-state index is 12.5.